The van der Waals surface area contributed by atoms with Gasteiger partial charge in [0.15, 0.2) is 0 Å². The van der Waals surface area contributed by atoms with Crippen LogP contribution in [0.1, 0.15) is 25.5 Å². The summed E-state index contributed by atoms with van der Waals surface area (Å²) in [7, 11) is 1.94. The molecule has 0 spiro atoms. The molecule has 0 radical (unpaired) electrons. The second-order valence-corrected chi connectivity index (χ2v) is 5.49. The van der Waals surface area contributed by atoms with E-state index in [0.717, 1.165) is 10.5 Å². The molecule has 0 fully saturated rings. The van der Waals surface area contributed by atoms with Gasteiger partial charge >= 0.3 is 0 Å². The van der Waals surface area contributed by atoms with Crippen molar-refractivity contribution in [1.82, 2.24) is 5.32 Å². The van der Waals surface area contributed by atoms with Crippen molar-refractivity contribution in [3.8, 4) is 0 Å². The van der Waals surface area contributed by atoms with E-state index in [-0.39, 0.29) is 11.9 Å². The second kappa shape index (κ2) is 4.14. The van der Waals surface area contributed by atoms with Gasteiger partial charge in [-0.2, -0.15) is 0 Å². The first kappa shape index (κ1) is 11.0. The number of halogens is 1. The van der Waals surface area contributed by atoms with E-state index in [4.69, 9.17) is 0 Å². The Hall–Kier alpha value is -0.540. The molecule has 1 nitrogen and oxygen atoms in total. The Labute approximate surface area is 94.5 Å². The van der Waals surface area contributed by atoms with E-state index in [0.29, 0.717) is 11.2 Å². The topological polar surface area (TPSA) is 12.0 Å². The number of hydrogen-bond acceptors (Lipinski definition) is 2. The number of thioether (sulfide) groups is 1. The third-order valence-electron chi connectivity index (χ3n) is 3.21. The molecule has 1 heterocycles. The molecule has 3 heteroatoms. The van der Waals surface area contributed by atoms with Crippen molar-refractivity contribution < 1.29 is 4.39 Å². The van der Waals surface area contributed by atoms with Gasteiger partial charge in [-0.15, -0.1) is 11.8 Å². The molecule has 3 atom stereocenters. The van der Waals surface area contributed by atoms with Gasteiger partial charge in [-0.3, -0.25) is 0 Å². The molecule has 1 N–H and O–H groups in total. The lowest BCUT2D eigenvalue weighted by Crippen LogP contribution is -2.32. The van der Waals surface area contributed by atoms with Crippen LogP contribution in [-0.2, 0) is 0 Å². The van der Waals surface area contributed by atoms with Gasteiger partial charge in [0, 0.05) is 16.2 Å². The molecule has 1 aromatic carbocycles. The molecule has 1 aliphatic rings. The highest BCUT2D eigenvalue weighted by Crippen LogP contribution is 2.44. The Balaban J connectivity index is 2.49. The number of rotatable bonds is 1. The molecule has 0 bridgehead atoms. The molecule has 2 rings (SSSR count). The third-order valence-corrected chi connectivity index (χ3v) is 4.68. The van der Waals surface area contributed by atoms with Gasteiger partial charge in [-0.05, 0) is 24.6 Å². The third kappa shape index (κ3) is 1.79. The van der Waals surface area contributed by atoms with Crippen molar-refractivity contribution in [2.75, 3.05) is 7.05 Å². The average molecular weight is 225 g/mol. The Bertz CT molecular complexity index is 367. The molecule has 0 aromatic heterocycles. The first-order chi connectivity index (χ1) is 7.15. The van der Waals surface area contributed by atoms with E-state index in [1.165, 1.54) is 0 Å². The van der Waals surface area contributed by atoms with E-state index < -0.39 is 0 Å². The van der Waals surface area contributed by atoms with Crippen molar-refractivity contribution in [3.63, 3.8) is 0 Å². The molecule has 0 aliphatic carbocycles. The summed E-state index contributed by atoms with van der Waals surface area (Å²) in [5.74, 6) is 0.436. The molecule has 0 amide bonds. The van der Waals surface area contributed by atoms with Crippen molar-refractivity contribution in [1.29, 1.82) is 0 Å². The van der Waals surface area contributed by atoms with Crippen LogP contribution in [0.4, 0.5) is 4.39 Å². The predicted molar refractivity (Wildman–Crippen MR) is 62.7 cm³/mol. The number of hydrogen-bond donors (Lipinski definition) is 1. The van der Waals surface area contributed by atoms with E-state index >= 15 is 0 Å². The summed E-state index contributed by atoms with van der Waals surface area (Å²) in [5.41, 5.74) is 1.10. The average Bonchev–Trinajstić information content (AvgIpc) is 2.22. The standard InChI is InChI=1S/C12H16FNS/c1-7-8(2)15-12-9(11(7)14-3)5-4-6-10(12)13/h4-8,11,14H,1-3H3. The molecule has 1 aromatic rings. The van der Waals surface area contributed by atoms with Crippen LogP contribution in [0, 0.1) is 11.7 Å². The summed E-state index contributed by atoms with van der Waals surface area (Å²) in [6.45, 7) is 4.38. The monoisotopic (exact) mass is 225 g/mol. The first-order valence-corrected chi connectivity index (χ1v) is 6.15. The number of nitrogens with one attached hydrogen (secondary N) is 1. The highest BCUT2D eigenvalue weighted by molar-refractivity contribution is 8.00. The smallest absolute Gasteiger partial charge is 0.137 e. The van der Waals surface area contributed by atoms with Crippen LogP contribution in [-0.4, -0.2) is 12.3 Å². The highest BCUT2D eigenvalue weighted by atomic mass is 32.2. The molecule has 82 valence electrons. The van der Waals surface area contributed by atoms with E-state index in [1.807, 2.05) is 13.1 Å². The molecule has 0 saturated heterocycles. The summed E-state index contributed by atoms with van der Waals surface area (Å²) in [6, 6.07) is 5.63. The molecular formula is C12H16FNS. The molecule has 3 unspecified atom stereocenters. The van der Waals surface area contributed by atoms with Crippen LogP contribution in [0.25, 0.3) is 0 Å². The zero-order valence-electron chi connectivity index (χ0n) is 9.25. The lowest BCUT2D eigenvalue weighted by atomic mass is 9.91. The largest absolute Gasteiger partial charge is 0.313 e. The molecule has 15 heavy (non-hydrogen) atoms. The zero-order chi connectivity index (χ0) is 11.0. The van der Waals surface area contributed by atoms with E-state index in [1.54, 1.807) is 23.9 Å². The summed E-state index contributed by atoms with van der Waals surface area (Å²) in [6.07, 6.45) is 0. The van der Waals surface area contributed by atoms with Gasteiger partial charge < -0.3 is 5.32 Å². The van der Waals surface area contributed by atoms with Gasteiger partial charge in [0.1, 0.15) is 5.82 Å². The SMILES string of the molecule is CNC1c2cccc(F)c2SC(C)C1C. The van der Waals surface area contributed by atoms with Gasteiger partial charge in [0.2, 0.25) is 0 Å². The maximum Gasteiger partial charge on any atom is 0.137 e. The number of benzene rings is 1. The van der Waals surface area contributed by atoms with Crippen LogP contribution in [0.5, 0.6) is 0 Å². The fourth-order valence-corrected chi connectivity index (χ4v) is 3.42. The zero-order valence-corrected chi connectivity index (χ0v) is 10.1. The maximum absolute atomic E-state index is 13.6. The Morgan fingerprint density at radius 2 is 2.07 bits per heavy atom. The minimum atomic E-state index is -0.0866. The van der Waals surface area contributed by atoms with Crippen LogP contribution in [0.3, 0.4) is 0 Å². The fraction of sp³-hybridized carbons (Fsp3) is 0.500. The second-order valence-electron chi connectivity index (χ2n) is 4.11. The van der Waals surface area contributed by atoms with Crippen molar-refractivity contribution in [2.45, 2.75) is 30.0 Å². The van der Waals surface area contributed by atoms with E-state index in [9.17, 15) is 4.39 Å². The Morgan fingerprint density at radius 1 is 1.33 bits per heavy atom. The maximum atomic E-state index is 13.6. The minimum Gasteiger partial charge on any atom is -0.313 e. The van der Waals surface area contributed by atoms with Crippen molar-refractivity contribution in [3.05, 3.63) is 29.6 Å². The van der Waals surface area contributed by atoms with E-state index in [2.05, 4.69) is 19.2 Å². The minimum absolute atomic E-state index is 0.0866. The van der Waals surface area contributed by atoms with Gasteiger partial charge in [-0.25, -0.2) is 4.39 Å². The van der Waals surface area contributed by atoms with Crippen molar-refractivity contribution in [2.24, 2.45) is 5.92 Å². The lowest BCUT2D eigenvalue weighted by molar-refractivity contribution is 0.391. The van der Waals surface area contributed by atoms with Crippen molar-refractivity contribution >= 4 is 11.8 Å². The first-order valence-electron chi connectivity index (χ1n) is 5.27. The van der Waals surface area contributed by atoms with Crippen LogP contribution < -0.4 is 5.32 Å². The lowest BCUT2D eigenvalue weighted by Gasteiger charge is -2.35. The number of fused-ring (bicyclic) bond motifs is 1. The van der Waals surface area contributed by atoms with Gasteiger partial charge in [0.25, 0.3) is 0 Å². The summed E-state index contributed by atoms with van der Waals surface area (Å²) in [5, 5.41) is 3.74. The van der Waals surface area contributed by atoms with Crippen LogP contribution in [0.2, 0.25) is 0 Å². The Kier molecular flexibility index (Phi) is 3.03. The van der Waals surface area contributed by atoms with Crippen LogP contribution >= 0.6 is 11.8 Å². The fourth-order valence-electron chi connectivity index (χ4n) is 2.16. The van der Waals surface area contributed by atoms with Crippen LogP contribution in [0.15, 0.2) is 23.1 Å². The normalized spacial score (nSPS) is 30.0. The quantitative estimate of drug-likeness (QED) is 0.787. The predicted octanol–water partition coefficient (Wildman–Crippen LogP) is 3.22. The van der Waals surface area contributed by atoms with Gasteiger partial charge in [-0.1, -0.05) is 26.0 Å². The molecular weight excluding hydrogens is 209 g/mol. The summed E-state index contributed by atoms with van der Waals surface area (Å²) in [4.78, 5) is 0.822. The highest BCUT2D eigenvalue weighted by Gasteiger charge is 2.32. The Morgan fingerprint density at radius 3 is 2.73 bits per heavy atom. The summed E-state index contributed by atoms with van der Waals surface area (Å²) >= 11 is 1.65. The summed E-state index contributed by atoms with van der Waals surface area (Å²) < 4.78 is 13.6. The van der Waals surface area contributed by atoms with Gasteiger partial charge in [0.05, 0.1) is 0 Å². The molecule has 0 saturated carbocycles. The molecule has 1 aliphatic heterocycles.